The van der Waals surface area contributed by atoms with Crippen LogP contribution < -0.4 is 10.6 Å². The zero-order valence-electron chi connectivity index (χ0n) is 10.8. The smallest absolute Gasteiger partial charge is 0.191 e. The van der Waals surface area contributed by atoms with Crippen molar-refractivity contribution in [1.82, 2.24) is 10.6 Å². The van der Waals surface area contributed by atoms with E-state index in [0.29, 0.717) is 25.5 Å². The van der Waals surface area contributed by atoms with Gasteiger partial charge in [0.2, 0.25) is 0 Å². The number of methoxy groups -OCH3 is 1. The van der Waals surface area contributed by atoms with Gasteiger partial charge in [-0.3, -0.25) is 4.99 Å². The maximum Gasteiger partial charge on any atom is 0.191 e. The molecule has 1 aliphatic heterocycles. The Morgan fingerprint density at radius 1 is 1.50 bits per heavy atom. The molecule has 0 aromatic heterocycles. The van der Waals surface area contributed by atoms with Gasteiger partial charge in [-0.2, -0.15) is 0 Å². The average molecular weight is 391 g/mol. The SMILES string of the molecule is CCNC(=NCCOC)NC1CCS(=O)(=O)C1.I. The van der Waals surface area contributed by atoms with E-state index in [9.17, 15) is 8.42 Å². The number of sulfone groups is 1. The Morgan fingerprint density at radius 3 is 2.72 bits per heavy atom. The van der Waals surface area contributed by atoms with Crippen molar-refractivity contribution in [2.45, 2.75) is 19.4 Å². The van der Waals surface area contributed by atoms with Crippen LogP contribution in [0.2, 0.25) is 0 Å². The minimum absolute atomic E-state index is 0. The van der Waals surface area contributed by atoms with E-state index in [1.807, 2.05) is 6.92 Å². The van der Waals surface area contributed by atoms with E-state index >= 15 is 0 Å². The molecule has 108 valence electrons. The van der Waals surface area contributed by atoms with Crippen LogP contribution in [0.25, 0.3) is 0 Å². The molecule has 2 N–H and O–H groups in total. The lowest BCUT2D eigenvalue weighted by molar-refractivity contribution is 0.208. The van der Waals surface area contributed by atoms with E-state index in [1.165, 1.54) is 0 Å². The molecule has 18 heavy (non-hydrogen) atoms. The maximum absolute atomic E-state index is 11.3. The fourth-order valence-electron chi connectivity index (χ4n) is 1.67. The van der Waals surface area contributed by atoms with Gasteiger partial charge in [0.1, 0.15) is 0 Å². The molecule has 0 bridgehead atoms. The van der Waals surface area contributed by atoms with Crippen molar-refractivity contribution in [3.05, 3.63) is 0 Å². The summed E-state index contributed by atoms with van der Waals surface area (Å²) in [6.45, 7) is 3.84. The summed E-state index contributed by atoms with van der Waals surface area (Å²) in [5.74, 6) is 1.12. The zero-order chi connectivity index (χ0) is 12.7. The summed E-state index contributed by atoms with van der Waals surface area (Å²) in [7, 11) is -1.23. The monoisotopic (exact) mass is 391 g/mol. The zero-order valence-corrected chi connectivity index (χ0v) is 14.0. The van der Waals surface area contributed by atoms with Crippen LogP contribution in [0, 0.1) is 0 Å². The van der Waals surface area contributed by atoms with Crippen molar-refractivity contribution in [2.24, 2.45) is 4.99 Å². The van der Waals surface area contributed by atoms with E-state index in [2.05, 4.69) is 15.6 Å². The Hall–Kier alpha value is -0.0900. The highest BCUT2D eigenvalue weighted by molar-refractivity contribution is 14.0. The number of rotatable bonds is 5. The second-order valence-electron chi connectivity index (χ2n) is 4.00. The molecule has 0 saturated carbocycles. The number of guanidine groups is 1. The molecule has 1 atom stereocenters. The molecule has 0 amide bonds. The fraction of sp³-hybridized carbons (Fsp3) is 0.900. The van der Waals surface area contributed by atoms with Crippen LogP contribution in [0.3, 0.4) is 0 Å². The molecule has 6 nitrogen and oxygen atoms in total. The molecule has 1 rings (SSSR count). The third-order valence-corrected chi connectivity index (χ3v) is 4.25. The number of halogens is 1. The Kier molecular flexibility index (Phi) is 8.87. The minimum Gasteiger partial charge on any atom is -0.383 e. The quantitative estimate of drug-likeness (QED) is 0.298. The first-order valence-corrected chi connectivity index (χ1v) is 7.63. The summed E-state index contributed by atoms with van der Waals surface area (Å²) in [4.78, 5) is 4.29. The van der Waals surface area contributed by atoms with Gasteiger partial charge >= 0.3 is 0 Å². The Bertz CT molecular complexity index is 359. The molecule has 1 unspecified atom stereocenters. The van der Waals surface area contributed by atoms with Gasteiger partial charge in [0, 0.05) is 19.7 Å². The van der Waals surface area contributed by atoms with E-state index < -0.39 is 9.84 Å². The summed E-state index contributed by atoms with van der Waals surface area (Å²) < 4.78 is 27.6. The predicted molar refractivity (Wildman–Crippen MR) is 83.5 cm³/mol. The molecule has 1 fully saturated rings. The van der Waals surface area contributed by atoms with Gasteiger partial charge in [-0.1, -0.05) is 0 Å². The molecule has 0 aromatic carbocycles. The second kappa shape index (κ2) is 8.92. The van der Waals surface area contributed by atoms with Gasteiger partial charge in [0.05, 0.1) is 24.7 Å². The first kappa shape index (κ1) is 17.9. The topological polar surface area (TPSA) is 79.8 Å². The highest BCUT2D eigenvalue weighted by Gasteiger charge is 2.28. The number of hydrogen-bond acceptors (Lipinski definition) is 4. The van der Waals surface area contributed by atoms with E-state index in [-0.39, 0.29) is 41.5 Å². The first-order valence-electron chi connectivity index (χ1n) is 5.81. The summed E-state index contributed by atoms with van der Waals surface area (Å²) in [5, 5.41) is 6.22. The molecule has 1 saturated heterocycles. The molecule has 1 aliphatic rings. The van der Waals surface area contributed by atoms with E-state index in [4.69, 9.17) is 4.74 Å². The number of nitrogens with one attached hydrogen (secondary N) is 2. The summed E-state index contributed by atoms with van der Waals surface area (Å²) in [6.07, 6.45) is 0.650. The molecule has 0 radical (unpaired) electrons. The lowest BCUT2D eigenvalue weighted by Crippen LogP contribution is -2.44. The maximum atomic E-state index is 11.3. The third-order valence-electron chi connectivity index (χ3n) is 2.48. The molecule has 0 aromatic rings. The average Bonchev–Trinajstić information content (AvgIpc) is 2.59. The standard InChI is InChI=1S/C10H21N3O3S.HI/c1-3-11-10(12-5-6-16-2)13-9-4-7-17(14,15)8-9;/h9H,3-8H2,1-2H3,(H2,11,12,13);1H. The first-order chi connectivity index (χ1) is 8.07. The minimum atomic E-state index is -2.85. The van der Waals surface area contributed by atoms with Crippen molar-refractivity contribution in [3.8, 4) is 0 Å². The van der Waals surface area contributed by atoms with Crippen molar-refractivity contribution >= 4 is 39.8 Å². The molecule has 0 spiro atoms. The lowest BCUT2D eigenvalue weighted by atomic mass is 10.3. The van der Waals surface area contributed by atoms with E-state index in [1.54, 1.807) is 7.11 Å². The van der Waals surface area contributed by atoms with Crippen LogP contribution in [0.15, 0.2) is 4.99 Å². The third kappa shape index (κ3) is 6.74. The van der Waals surface area contributed by atoms with Gasteiger partial charge < -0.3 is 15.4 Å². The number of ether oxygens (including phenoxy) is 1. The molecular formula is C10H22IN3O3S. The van der Waals surface area contributed by atoms with E-state index in [0.717, 1.165) is 6.54 Å². The summed E-state index contributed by atoms with van der Waals surface area (Å²) in [6, 6.07) is -0.0275. The van der Waals surface area contributed by atoms with Crippen LogP contribution in [-0.2, 0) is 14.6 Å². The summed E-state index contributed by atoms with van der Waals surface area (Å²) >= 11 is 0. The molecule has 1 heterocycles. The molecule has 8 heteroatoms. The Labute approximate surface area is 126 Å². The van der Waals surface area contributed by atoms with Crippen LogP contribution in [-0.4, -0.2) is 58.7 Å². The summed E-state index contributed by atoms with van der Waals surface area (Å²) in [5.41, 5.74) is 0. The van der Waals surface area contributed by atoms with Gasteiger partial charge in [0.15, 0.2) is 15.8 Å². The van der Waals surface area contributed by atoms with Gasteiger partial charge in [-0.15, -0.1) is 24.0 Å². The Morgan fingerprint density at radius 2 is 2.22 bits per heavy atom. The second-order valence-corrected chi connectivity index (χ2v) is 6.23. The largest absolute Gasteiger partial charge is 0.383 e. The van der Waals surface area contributed by atoms with Crippen LogP contribution in [0.1, 0.15) is 13.3 Å². The van der Waals surface area contributed by atoms with Crippen molar-refractivity contribution in [1.29, 1.82) is 0 Å². The van der Waals surface area contributed by atoms with Crippen molar-refractivity contribution in [2.75, 3.05) is 38.3 Å². The Balaban J connectivity index is 0.00000289. The van der Waals surface area contributed by atoms with Gasteiger partial charge in [-0.25, -0.2) is 8.42 Å². The van der Waals surface area contributed by atoms with Gasteiger partial charge in [-0.05, 0) is 13.3 Å². The van der Waals surface area contributed by atoms with Gasteiger partial charge in [0.25, 0.3) is 0 Å². The van der Waals surface area contributed by atoms with Crippen molar-refractivity contribution in [3.63, 3.8) is 0 Å². The van der Waals surface area contributed by atoms with Crippen molar-refractivity contribution < 1.29 is 13.2 Å². The molecule has 0 aliphatic carbocycles. The number of nitrogens with zero attached hydrogens (tertiary/aromatic N) is 1. The van der Waals surface area contributed by atoms with Crippen LogP contribution >= 0.6 is 24.0 Å². The molecular weight excluding hydrogens is 369 g/mol. The normalized spacial score (nSPS) is 22.3. The predicted octanol–water partition coefficient (Wildman–Crippen LogP) is -0.00700. The fourth-order valence-corrected chi connectivity index (χ4v) is 3.34. The lowest BCUT2D eigenvalue weighted by Gasteiger charge is -2.15. The van der Waals surface area contributed by atoms with Crippen LogP contribution in [0.5, 0.6) is 0 Å². The highest BCUT2D eigenvalue weighted by Crippen LogP contribution is 2.10. The number of hydrogen-bond donors (Lipinski definition) is 2. The highest BCUT2D eigenvalue weighted by atomic mass is 127. The number of aliphatic imine (C=N–C) groups is 1. The van der Waals surface area contributed by atoms with Crippen LogP contribution in [0.4, 0.5) is 0 Å².